The second-order valence-electron chi connectivity index (χ2n) is 9.16. The van der Waals surface area contributed by atoms with E-state index in [-0.39, 0.29) is 31.3 Å². The van der Waals surface area contributed by atoms with Crippen molar-refractivity contribution < 1.29 is 24.3 Å². The van der Waals surface area contributed by atoms with E-state index in [2.05, 4.69) is 25.9 Å². The summed E-state index contributed by atoms with van der Waals surface area (Å²) in [5.74, 6) is -3.20. The first-order chi connectivity index (χ1) is 18.0. The van der Waals surface area contributed by atoms with Crippen LogP contribution in [-0.2, 0) is 25.6 Å². The smallest absolute Gasteiger partial charge is 0.326 e. The Hall–Kier alpha value is -4.13. The minimum Gasteiger partial charge on any atom is -0.480 e. The summed E-state index contributed by atoms with van der Waals surface area (Å²) in [5.41, 5.74) is 18.2. The zero-order valence-electron chi connectivity index (χ0n) is 21.7. The van der Waals surface area contributed by atoms with E-state index in [0.29, 0.717) is 12.8 Å². The molecule has 11 N–H and O–H groups in total. The van der Waals surface area contributed by atoms with E-state index in [1.807, 2.05) is 38.1 Å². The van der Waals surface area contributed by atoms with E-state index in [4.69, 9.17) is 17.2 Å². The van der Waals surface area contributed by atoms with Crippen LogP contribution in [-0.4, -0.2) is 71.0 Å². The molecule has 4 unspecified atom stereocenters. The SMILES string of the molecule is CCC(C)C(N)C(=O)NC(Cc1c[nH]c2ccccc12)C(=O)NCC(=O)NC(CCCN=C(N)N)C(=O)O. The van der Waals surface area contributed by atoms with Crippen LogP contribution in [0.5, 0.6) is 0 Å². The molecule has 4 atom stereocenters. The lowest BCUT2D eigenvalue weighted by Crippen LogP contribution is -2.55. The van der Waals surface area contributed by atoms with Crippen molar-refractivity contribution in [1.29, 1.82) is 0 Å². The molecule has 0 aliphatic carbocycles. The number of nitrogens with one attached hydrogen (secondary N) is 4. The highest BCUT2D eigenvalue weighted by Gasteiger charge is 2.28. The minimum atomic E-state index is -1.22. The Labute approximate surface area is 221 Å². The summed E-state index contributed by atoms with van der Waals surface area (Å²) in [7, 11) is 0. The normalized spacial score (nSPS) is 14.1. The molecule has 2 rings (SSSR count). The molecule has 208 valence electrons. The third-order valence-corrected chi connectivity index (χ3v) is 6.29. The molecule has 0 fully saturated rings. The van der Waals surface area contributed by atoms with Gasteiger partial charge in [-0.05, 0) is 30.4 Å². The molecule has 1 aromatic heterocycles. The molecule has 0 bridgehead atoms. The number of carbonyl (C=O) groups excluding carboxylic acids is 3. The van der Waals surface area contributed by atoms with E-state index in [1.165, 1.54) is 0 Å². The fraction of sp³-hybridized carbons (Fsp3) is 0.480. The van der Waals surface area contributed by atoms with E-state index in [1.54, 1.807) is 6.20 Å². The summed E-state index contributed by atoms with van der Waals surface area (Å²) in [6.45, 7) is 3.50. The number of hydrogen-bond donors (Lipinski definition) is 8. The van der Waals surface area contributed by atoms with Gasteiger partial charge in [0.05, 0.1) is 12.6 Å². The van der Waals surface area contributed by atoms with Crippen molar-refractivity contribution in [3.8, 4) is 0 Å². The third-order valence-electron chi connectivity index (χ3n) is 6.29. The van der Waals surface area contributed by atoms with Crippen LogP contribution < -0.4 is 33.2 Å². The molecule has 2 aromatic rings. The zero-order chi connectivity index (χ0) is 28.2. The molecule has 0 saturated carbocycles. The minimum absolute atomic E-state index is 0.0958. The predicted molar refractivity (Wildman–Crippen MR) is 144 cm³/mol. The molecule has 0 aliphatic rings. The fourth-order valence-corrected chi connectivity index (χ4v) is 3.81. The van der Waals surface area contributed by atoms with Gasteiger partial charge in [0.25, 0.3) is 0 Å². The maximum Gasteiger partial charge on any atom is 0.326 e. The fourth-order valence-electron chi connectivity index (χ4n) is 3.81. The van der Waals surface area contributed by atoms with E-state index < -0.39 is 48.4 Å². The Kier molecular flexibility index (Phi) is 11.5. The number of guanidine groups is 1. The van der Waals surface area contributed by atoms with Crippen molar-refractivity contribution in [3.63, 3.8) is 0 Å². The van der Waals surface area contributed by atoms with Gasteiger partial charge < -0.3 is 43.2 Å². The number of carboxylic acids is 1. The summed E-state index contributed by atoms with van der Waals surface area (Å²) in [5, 5.41) is 17.9. The van der Waals surface area contributed by atoms with Gasteiger partial charge in [-0.2, -0.15) is 0 Å². The molecule has 0 aliphatic heterocycles. The molecule has 13 nitrogen and oxygen atoms in total. The number of nitrogens with two attached hydrogens (primary N) is 3. The van der Waals surface area contributed by atoms with Crippen molar-refractivity contribution >= 4 is 40.6 Å². The summed E-state index contributed by atoms with van der Waals surface area (Å²) >= 11 is 0. The van der Waals surface area contributed by atoms with Crippen LogP contribution in [0.3, 0.4) is 0 Å². The number of aliphatic carboxylic acids is 1. The predicted octanol–water partition coefficient (Wildman–Crippen LogP) is -0.692. The lowest BCUT2D eigenvalue weighted by Gasteiger charge is -2.23. The third kappa shape index (κ3) is 9.07. The first kappa shape index (κ1) is 30.1. The molecule has 1 heterocycles. The number of rotatable bonds is 15. The monoisotopic (exact) mass is 530 g/mol. The number of hydrogen-bond acceptors (Lipinski definition) is 6. The molecule has 0 saturated heterocycles. The highest BCUT2D eigenvalue weighted by Crippen LogP contribution is 2.19. The van der Waals surface area contributed by atoms with E-state index >= 15 is 0 Å². The summed E-state index contributed by atoms with van der Waals surface area (Å²) < 4.78 is 0. The molecular formula is C25H38N8O5. The number of nitrogens with zero attached hydrogens (tertiary/aromatic N) is 1. The van der Waals surface area contributed by atoms with Crippen molar-refractivity contribution in [2.45, 2.75) is 57.7 Å². The lowest BCUT2D eigenvalue weighted by atomic mass is 9.98. The van der Waals surface area contributed by atoms with Crippen LogP contribution in [0.4, 0.5) is 0 Å². The van der Waals surface area contributed by atoms with Gasteiger partial charge in [-0.15, -0.1) is 0 Å². The van der Waals surface area contributed by atoms with Crippen molar-refractivity contribution in [2.24, 2.45) is 28.1 Å². The number of aromatic amines is 1. The second kappa shape index (κ2) is 14.6. The molecule has 13 heteroatoms. The first-order valence-electron chi connectivity index (χ1n) is 12.5. The number of H-pyrrole nitrogens is 1. The Bertz CT molecular complexity index is 1140. The number of aromatic nitrogens is 1. The Morgan fingerprint density at radius 3 is 2.45 bits per heavy atom. The Morgan fingerprint density at radius 2 is 1.79 bits per heavy atom. The quantitative estimate of drug-likeness (QED) is 0.0832. The van der Waals surface area contributed by atoms with Crippen molar-refractivity contribution in [3.05, 3.63) is 36.0 Å². The molecule has 0 radical (unpaired) electrons. The van der Waals surface area contributed by atoms with Crippen LogP contribution in [0.2, 0.25) is 0 Å². The van der Waals surface area contributed by atoms with Gasteiger partial charge in [-0.3, -0.25) is 19.4 Å². The number of benzene rings is 1. The first-order valence-corrected chi connectivity index (χ1v) is 12.5. The molecular weight excluding hydrogens is 492 g/mol. The van der Waals surface area contributed by atoms with Crippen LogP contribution in [0.25, 0.3) is 10.9 Å². The average Bonchev–Trinajstić information content (AvgIpc) is 3.30. The topological polar surface area (TPSA) is 231 Å². The number of carboxylic acid groups (broad SMARTS) is 1. The number of aliphatic imine (C=N–C) groups is 1. The standard InChI is InChI=1S/C25H38N8O5/c1-3-14(2)21(26)23(36)33-19(11-15-12-30-17-8-5-4-7-16(15)17)22(35)31-13-20(34)32-18(24(37)38)9-6-10-29-25(27)28/h4-5,7-8,12,14,18-19,21,30H,3,6,9-11,13,26H2,1-2H3,(H,31,35)(H,32,34)(H,33,36)(H,37,38)(H4,27,28,29). The lowest BCUT2D eigenvalue weighted by molar-refractivity contribution is -0.142. The van der Waals surface area contributed by atoms with Gasteiger partial charge in [-0.1, -0.05) is 38.5 Å². The summed E-state index contributed by atoms with van der Waals surface area (Å²) in [6, 6.07) is 4.54. The van der Waals surface area contributed by atoms with Gasteiger partial charge in [0.1, 0.15) is 12.1 Å². The Balaban J connectivity index is 2.06. The van der Waals surface area contributed by atoms with Crippen LogP contribution in [0.1, 0.15) is 38.7 Å². The van der Waals surface area contributed by atoms with E-state index in [0.717, 1.165) is 16.5 Å². The molecule has 38 heavy (non-hydrogen) atoms. The van der Waals surface area contributed by atoms with Crippen molar-refractivity contribution in [1.82, 2.24) is 20.9 Å². The highest BCUT2D eigenvalue weighted by molar-refractivity contribution is 5.93. The maximum absolute atomic E-state index is 13.1. The van der Waals surface area contributed by atoms with Crippen LogP contribution in [0, 0.1) is 5.92 Å². The summed E-state index contributed by atoms with van der Waals surface area (Å²) in [4.78, 5) is 56.7. The van der Waals surface area contributed by atoms with Gasteiger partial charge in [-0.25, -0.2) is 4.79 Å². The molecule has 1 aromatic carbocycles. The van der Waals surface area contributed by atoms with Crippen LogP contribution >= 0.6 is 0 Å². The van der Waals surface area contributed by atoms with Gasteiger partial charge in [0.15, 0.2) is 5.96 Å². The highest BCUT2D eigenvalue weighted by atomic mass is 16.4. The number of amides is 3. The van der Waals surface area contributed by atoms with Crippen LogP contribution in [0.15, 0.2) is 35.5 Å². The average molecular weight is 531 g/mol. The number of para-hydroxylation sites is 1. The molecule has 3 amide bonds. The number of carbonyl (C=O) groups is 4. The van der Waals surface area contributed by atoms with Crippen molar-refractivity contribution in [2.75, 3.05) is 13.1 Å². The molecule has 0 spiro atoms. The number of fused-ring (bicyclic) bond motifs is 1. The second-order valence-corrected chi connectivity index (χ2v) is 9.16. The van der Waals surface area contributed by atoms with Gasteiger partial charge in [0, 0.05) is 30.1 Å². The van der Waals surface area contributed by atoms with E-state index in [9.17, 15) is 24.3 Å². The van der Waals surface area contributed by atoms with Gasteiger partial charge in [0.2, 0.25) is 17.7 Å². The largest absolute Gasteiger partial charge is 0.480 e. The zero-order valence-corrected chi connectivity index (χ0v) is 21.7. The maximum atomic E-state index is 13.1. The van der Waals surface area contributed by atoms with Gasteiger partial charge >= 0.3 is 5.97 Å². The summed E-state index contributed by atoms with van der Waals surface area (Å²) in [6.07, 6.45) is 3.02. The Morgan fingerprint density at radius 1 is 1.08 bits per heavy atom.